The largest absolute Gasteiger partial charge is 0.493 e. The maximum atomic E-state index is 13.3. The molecule has 5 nitrogen and oxygen atoms in total. The van der Waals surface area contributed by atoms with Gasteiger partial charge in [0.05, 0.1) is 31.3 Å². The number of hydrogen-bond acceptors (Lipinski definition) is 4. The van der Waals surface area contributed by atoms with Crippen LogP contribution in [-0.2, 0) is 16.6 Å². The fourth-order valence-electron chi connectivity index (χ4n) is 2.76. The van der Waals surface area contributed by atoms with Crippen molar-refractivity contribution in [2.24, 2.45) is 0 Å². The van der Waals surface area contributed by atoms with E-state index in [1.54, 1.807) is 55.6 Å². The Labute approximate surface area is 159 Å². The summed E-state index contributed by atoms with van der Waals surface area (Å²) in [6, 6.07) is 22.9. The van der Waals surface area contributed by atoms with Crippen molar-refractivity contribution < 1.29 is 17.9 Å². The molecule has 0 unspecified atom stereocenters. The van der Waals surface area contributed by atoms with Gasteiger partial charge in [0.15, 0.2) is 11.5 Å². The van der Waals surface area contributed by atoms with Crippen molar-refractivity contribution in [3.63, 3.8) is 0 Å². The third-order valence-corrected chi connectivity index (χ3v) is 5.94. The molecule has 6 heteroatoms. The standard InChI is InChI=1S/C21H21NO4S/c1-25-20-14-13-18(15-21(20)26-2)22(16-17-9-5-3-6-10-17)27(23,24)19-11-7-4-8-12-19/h3-15H,16H2,1-2H3. The molecule has 0 aliphatic rings. The lowest BCUT2D eigenvalue weighted by Gasteiger charge is -2.25. The average Bonchev–Trinajstić information content (AvgIpc) is 2.72. The molecule has 3 aromatic rings. The topological polar surface area (TPSA) is 55.8 Å². The number of sulfonamides is 1. The Balaban J connectivity index is 2.11. The van der Waals surface area contributed by atoms with Crippen molar-refractivity contribution in [1.29, 1.82) is 0 Å². The molecule has 0 aliphatic carbocycles. The second-order valence-electron chi connectivity index (χ2n) is 5.85. The lowest BCUT2D eigenvalue weighted by molar-refractivity contribution is 0.355. The van der Waals surface area contributed by atoms with Crippen molar-refractivity contribution in [2.45, 2.75) is 11.4 Å². The minimum absolute atomic E-state index is 0.202. The number of ether oxygens (including phenoxy) is 2. The molecule has 3 aromatic carbocycles. The molecule has 0 spiro atoms. The summed E-state index contributed by atoms with van der Waals surface area (Å²) >= 11 is 0. The van der Waals surface area contributed by atoms with Crippen LogP contribution in [-0.4, -0.2) is 22.6 Å². The van der Waals surface area contributed by atoms with Crippen molar-refractivity contribution in [3.05, 3.63) is 84.4 Å². The summed E-state index contributed by atoms with van der Waals surface area (Å²) in [5.41, 5.74) is 1.38. The van der Waals surface area contributed by atoms with Crippen LogP contribution in [0.5, 0.6) is 11.5 Å². The van der Waals surface area contributed by atoms with E-state index in [0.29, 0.717) is 17.2 Å². The molecule has 0 bridgehead atoms. The van der Waals surface area contributed by atoms with Crippen LogP contribution in [0.4, 0.5) is 5.69 Å². The smallest absolute Gasteiger partial charge is 0.264 e. The van der Waals surface area contributed by atoms with Crippen molar-refractivity contribution in [2.75, 3.05) is 18.5 Å². The van der Waals surface area contributed by atoms with Gasteiger partial charge in [-0.15, -0.1) is 0 Å². The van der Waals surface area contributed by atoms with Crippen molar-refractivity contribution in [3.8, 4) is 11.5 Å². The lowest BCUT2D eigenvalue weighted by atomic mass is 10.2. The number of nitrogens with zero attached hydrogens (tertiary/aromatic N) is 1. The van der Waals surface area contributed by atoms with E-state index in [2.05, 4.69) is 0 Å². The lowest BCUT2D eigenvalue weighted by Crippen LogP contribution is -2.30. The van der Waals surface area contributed by atoms with Gasteiger partial charge in [0.25, 0.3) is 10.0 Å². The van der Waals surface area contributed by atoms with E-state index in [4.69, 9.17) is 9.47 Å². The molecule has 0 heterocycles. The highest BCUT2D eigenvalue weighted by Gasteiger charge is 2.26. The predicted molar refractivity (Wildman–Crippen MR) is 106 cm³/mol. The summed E-state index contributed by atoms with van der Waals surface area (Å²) in [5.74, 6) is 1.01. The molecule has 0 aromatic heterocycles. The maximum absolute atomic E-state index is 13.3. The number of methoxy groups -OCH3 is 2. The molecule has 27 heavy (non-hydrogen) atoms. The average molecular weight is 383 g/mol. The van der Waals surface area contributed by atoms with Crippen LogP contribution in [0.2, 0.25) is 0 Å². The first-order chi connectivity index (χ1) is 13.1. The molecule has 0 radical (unpaired) electrons. The molecule has 3 rings (SSSR count). The molecule has 0 fully saturated rings. The van der Waals surface area contributed by atoms with Gasteiger partial charge in [0, 0.05) is 6.07 Å². The zero-order chi connectivity index (χ0) is 19.3. The van der Waals surface area contributed by atoms with Gasteiger partial charge in [0.1, 0.15) is 0 Å². The molecular formula is C21H21NO4S. The summed E-state index contributed by atoms with van der Waals surface area (Å²) in [5, 5.41) is 0. The quantitative estimate of drug-likeness (QED) is 0.616. The monoisotopic (exact) mass is 383 g/mol. The summed E-state index contributed by atoms with van der Waals surface area (Å²) in [7, 11) is -0.696. The summed E-state index contributed by atoms with van der Waals surface area (Å²) < 4.78 is 38.7. The molecule has 0 atom stereocenters. The van der Waals surface area contributed by atoms with Gasteiger partial charge in [-0.05, 0) is 29.8 Å². The van der Waals surface area contributed by atoms with Crippen LogP contribution in [0.3, 0.4) is 0 Å². The van der Waals surface area contributed by atoms with Crippen LogP contribution in [0.1, 0.15) is 5.56 Å². The predicted octanol–water partition coefficient (Wildman–Crippen LogP) is 4.10. The third kappa shape index (κ3) is 4.06. The van der Waals surface area contributed by atoms with Crippen LogP contribution >= 0.6 is 0 Å². The van der Waals surface area contributed by atoms with E-state index < -0.39 is 10.0 Å². The van der Waals surface area contributed by atoms with E-state index in [1.165, 1.54) is 11.4 Å². The number of benzene rings is 3. The maximum Gasteiger partial charge on any atom is 0.264 e. The molecule has 140 valence electrons. The summed E-state index contributed by atoms with van der Waals surface area (Å²) in [4.78, 5) is 0.232. The van der Waals surface area contributed by atoms with Gasteiger partial charge >= 0.3 is 0 Å². The van der Waals surface area contributed by atoms with Gasteiger partial charge < -0.3 is 9.47 Å². The van der Waals surface area contributed by atoms with Crippen molar-refractivity contribution >= 4 is 15.7 Å². The molecule has 0 aliphatic heterocycles. The highest BCUT2D eigenvalue weighted by atomic mass is 32.2. The van der Waals surface area contributed by atoms with E-state index in [-0.39, 0.29) is 11.4 Å². The molecule has 0 amide bonds. The third-order valence-electron chi connectivity index (χ3n) is 4.16. The van der Waals surface area contributed by atoms with E-state index in [0.717, 1.165) is 5.56 Å². The Kier molecular flexibility index (Phi) is 5.66. The van der Waals surface area contributed by atoms with Gasteiger partial charge in [-0.25, -0.2) is 8.42 Å². The molecule has 0 N–H and O–H groups in total. The van der Waals surface area contributed by atoms with Crippen LogP contribution in [0.25, 0.3) is 0 Å². The first-order valence-corrected chi connectivity index (χ1v) is 9.84. The molecule has 0 saturated heterocycles. The highest BCUT2D eigenvalue weighted by molar-refractivity contribution is 7.92. The Morgan fingerprint density at radius 2 is 1.37 bits per heavy atom. The first-order valence-electron chi connectivity index (χ1n) is 8.40. The zero-order valence-electron chi connectivity index (χ0n) is 15.2. The normalized spacial score (nSPS) is 11.0. The Morgan fingerprint density at radius 3 is 1.96 bits per heavy atom. The first kappa shape index (κ1) is 18.8. The second kappa shape index (κ2) is 8.14. The zero-order valence-corrected chi connectivity index (χ0v) is 16.0. The Morgan fingerprint density at radius 1 is 0.778 bits per heavy atom. The number of hydrogen-bond donors (Lipinski definition) is 0. The summed E-state index contributed by atoms with van der Waals surface area (Å²) in [6.07, 6.45) is 0. The van der Waals surface area contributed by atoms with Crippen molar-refractivity contribution in [1.82, 2.24) is 0 Å². The second-order valence-corrected chi connectivity index (χ2v) is 7.71. The Hall–Kier alpha value is -2.99. The number of rotatable bonds is 7. The van der Waals surface area contributed by atoms with Gasteiger partial charge in [0.2, 0.25) is 0 Å². The minimum atomic E-state index is -3.76. The highest BCUT2D eigenvalue weighted by Crippen LogP contribution is 2.34. The fraction of sp³-hybridized carbons (Fsp3) is 0.143. The Bertz CT molecular complexity index is 989. The van der Waals surface area contributed by atoms with Crippen LogP contribution in [0.15, 0.2) is 83.8 Å². The fourth-order valence-corrected chi connectivity index (χ4v) is 4.23. The summed E-state index contributed by atoms with van der Waals surface area (Å²) in [6.45, 7) is 0.202. The molecule has 0 saturated carbocycles. The van der Waals surface area contributed by atoms with Gasteiger partial charge in [-0.2, -0.15) is 0 Å². The number of anilines is 1. The van der Waals surface area contributed by atoms with Gasteiger partial charge in [-0.3, -0.25) is 4.31 Å². The van der Waals surface area contributed by atoms with Crippen LogP contribution < -0.4 is 13.8 Å². The van der Waals surface area contributed by atoms with E-state index >= 15 is 0 Å². The van der Waals surface area contributed by atoms with E-state index in [9.17, 15) is 8.42 Å². The van der Waals surface area contributed by atoms with E-state index in [1.807, 2.05) is 30.3 Å². The molecular weight excluding hydrogens is 362 g/mol. The van der Waals surface area contributed by atoms with Crippen LogP contribution in [0, 0.1) is 0 Å². The van der Waals surface area contributed by atoms with Gasteiger partial charge in [-0.1, -0.05) is 48.5 Å². The minimum Gasteiger partial charge on any atom is -0.493 e. The SMILES string of the molecule is COc1ccc(N(Cc2ccccc2)S(=O)(=O)c2ccccc2)cc1OC.